The van der Waals surface area contributed by atoms with E-state index in [1.54, 1.807) is 36.0 Å². The number of amides is 1. The second-order valence-corrected chi connectivity index (χ2v) is 8.23. The number of carbonyl (C=O) groups is 2. The van der Waals surface area contributed by atoms with Gasteiger partial charge in [0.25, 0.3) is 5.91 Å². The van der Waals surface area contributed by atoms with Gasteiger partial charge in [-0.3, -0.25) is 14.7 Å². The van der Waals surface area contributed by atoms with Crippen LogP contribution in [0.3, 0.4) is 0 Å². The van der Waals surface area contributed by atoms with Crippen LogP contribution in [0, 0.1) is 3.70 Å². The van der Waals surface area contributed by atoms with E-state index in [2.05, 4.69) is 44.2 Å². The third kappa shape index (κ3) is 3.95. The Kier molecular flexibility index (Phi) is 5.45. The van der Waals surface area contributed by atoms with E-state index in [1.165, 1.54) is 0 Å². The molecule has 1 heterocycles. The Morgan fingerprint density at radius 2 is 1.86 bits per heavy atom. The average Bonchev–Trinajstić information content (AvgIpc) is 3.08. The number of benzene rings is 3. The van der Waals surface area contributed by atoms with Crippen molar-refractivity contribution in [2.75, 3.05) is 5.32 Å². The topological polar surface area (TPSA) is 74.8 Å². The minimum absolute atomic E-state index is 0.308. The minimum atomic E-state index is -0.308. The van der Waals surface area contributed by atoms with Crippen molar-refractivity contribution in [3.63, 3.8) is 0 Å². The summed E-state index contributed by atoms with van der Waals surface area (Å²) in [7, 11) is 0. The van der Waals surface area contributed by atoms with Crippen LogP contribution in [0.25, 0.3) is 10.9 Å². The lowest BCUT2D eigenvalue weighted by molar-refractivity contribution is 0.101. The van der Waals surface area contributed by atoms with E-state index in [4.69, 9.17) is 0 Å². The Morgan fingerprint density at radius 1 is 1.04 bits per heavy atom. The van der Waals surface area contributed by atoms with Gasteiger partial charge < -0.3 is 5.32 Å². The number of aromatic amines is 1. The number of hydrogen-bond donors (Lipinski definition) is 2. The summed E-state index contributed by atoms with van der Waals surface area (Å²) in [6.45, 7) is 0. The highest BCUT2D eigenvalue weighted by molar-refractivity contribution is 14.1. The second-order valence-electron chi connectivity index (χ2n) is 6.01. The van der Waals surface area contributed by atoms with E-state index in [0.29, 0.717) is 23.1 Å². The summed E-state index contributed by atoms with van der Waals surface area (Å²) in [6, 6.07) is 20.5. The smallest absolute Gasteiger partial charge is 0.256 e. The fourth-order valence-corrected chi connectivity index (χ4v) is 4.29. The quantitative estimate of drug-likeness (QED) is 0.286. The highest BCUT2D eigenvalue weighted by Gasteiger charge is 2.11. The highest BCUT2D eigenvalue weighted by atomic mass is 127. The first-order valence-electron chi connectivity index (χ1n) is 8.41. The number of rotatable bonds is 5. The maximum atomic E-state index is 12.5. The van der Waals surface area contributed by atoms with Gasteiger partial charge in [0.1, 0.15) is 3.70 Å². The molecule has 0 aliphatic heterocycles. The normalized spacial score (nSPS) is 10.8. The third-order valence-electron chi connectivity index (χ3n) is 4.14. The van der Waals surface area contributed by atoms with E-state index in [-0.39, 0.29) is 5.91 Å². The van der Waals surface area contributed by atoms with Gasteiger partial charge in [-0.05, 0) is 65.1 Å². The van der Waals surface area contributed by atoms with Crippen LogP contribution in [0.1, 0.15) is 20.7 Å². The van der Waals surface area contributed by atoms with Crippen LogP contribution in [0.5, 0.6) is 0 Å². The highest BCUT2D eigenvalue weighted by Crippen LogP contribution is 2.32. The van der Waals surface area contributed by atoms with Crippen LogP contribution in [0.4, 0.5) is 5.69 Å². The van der Waals surface area contributed by atoms with Crippen LogP contribution in [-0.4, -0.2) is 22.4 Å². The van der Waals surface area contributed by atoms with Crippen molar-refractivity contribution in [3.8, 4) is 0 Å². The van der Waals surface area contributed by atoms with E-state index < -0.39 is 0 Å². The summed E-state index contributed by atoms with van der Waals surface area (Å²) in [6.07, 6.45) is 0.688. The van der Waals surface area contributed by atoms with Crippen molar-refractivity contribution in [2.24, 2.45) is 0 Å². The summed E-state index contributed by atoms with van der Waals surface area (Å²) >= 11 is 3.82. The SMILES string of the molecule is O=Cc1ccccc1C(=O)Nc1cccc(Sc2ccc3c(I)[nH]nc3c2)c1. The molecule has 1 aromatic heterocycles. The Balaban J connectivity index is 1.53. The van der Waals surface area contributed by atoms with Gasteiger partial charge in [-0.25, -0.2) is 0 Å². The van der Waals surface area contributed by atoms with Crippen molar-refractivity contribution >= 4 is 63.1 Å². The molecule has 0 radical (unpaired) electrons. The molecule has 7 heteroatoms. The number of halogens is 1. The van der Waals surface area contributed by atoms with E-state index in [1.807, 2.05) is 36.4 Å². The molecule has 0 aliphatic rings. The third-order valence-corrected chi connectivity index (χ3v) is 5.94. The molecule has 28 heavy (non-hydrogen) atoms. The molecule has 138 valence electrons. The largest absolute Gasteiger partial charge is 0.322 e. The Morgan fingerprint density at radius 3 is 2.71 bits per heavy atom. The van der Waals surface area contributed by atoms with Gasteiger partial charge in [-0.15, -0.1) is 0 Å². The minimum Gasteiger partial charge on any atom is -0.322 e. The van der Waals surface area contributed by atoms with Gasteiger partial charge in [0.05, 0.1) is 11.1 Å². The molecular weight excluding hydrogens is 485 g/mol. The van der Waals surface area contributed by atoms with Gasteiger partial charge in [0.15, 0.2) is 6.29 Å². The molecule has 0 bridgehead atoms. The Hall–Kier alpha value is -2.65. The first kappa shape index (κ1) is 18.7. The summed E-state index contributed by atoms with van der Waals surface area (Å²) in [5, 5.41) is 11.2. The molecule has 0 fully saturated rings. The van der Waals surface area contributed by atoms with Crippen molar-refractivity contribution < 1.29 is 9.59 Å². The molecule has 2 N–H and O–H groups in total. The molecule has 0 spiro atoms. The second kappa shape index (κ2) is 8.15. The Bertz CT molecular complexity index is 1190. The number of aromatic nitrogens is 2. The van der Waals surface area contributed by atoms with Crippen molar-refractivity contribution in [3.05, 3.63) is 81.6 Å². The fourth-order valence-electron chi connectivity index (χ4n) is 2.80. The first-order chi connectivity index (χ1) is 13.6. The predicted octanol–water partition coefficient (Wildman–Crippen LogP) is 5.38. The van der Waals surface area contributed by atoms with Gasteiger partial charge in [0.2, 0.25) is 0 Å². The molecule has 4 rings (SSSR count). The molecular formula is C21H14IN3O2S. The maximum Gasteiger partial charge on any atom is 0.256 e. The molecule has 4 aromatic rings. The molecule has 0 saturated carbocycles. The number of carbonyl (C=O) groups excluding carboxylic acids is 2. The van der Waals surface area contributed by atoms with E-state index in [0.717, 1.165) is 24.4 Å². The monoisotopic (exact) mass is 499 g/mol. The average molecular weight is 499 g/mol. The van der Waals surface area contributed by atoms with Gasteiger partial charge in [0, 0.05) is 26.4 Å². The zero-order valence-electron chi connectivity index (χ0n) is 14.5. The molecule has 5 nitrogen and oxygen atoms in total. The van der Waals surface area contributed by atoms with Crippen LogP contribution in [0.2, 0.25) is 0 Å². The van der Waals surface area contributed by atoms with Crippen LogP contribution in [0.15, 0.2) is 76.5 Å². The standard InChI is InChI=1S/C21H14IN3O2S/c22-20-18-9-8-16(11-19(18)24-25-20)28-15-6-3-5-14(10-15)23-21(27)17-7-2-1-4-13(17)12-26/h1-12H,(H,23,27)(H,24,25). The molecule has 0 unspecified atom stereocenters. The predicted molar refractivity (Wildman–Crippen MR) is 119 cm³/mol. The maximum absolute atomic E-state index is 12.5. The lowest BCUT2D eigenvalue weighted by atomic mass is 10.1. The number of hydrogen-bond acceptors (Lipinski definition) is 4. The van der Waals surface area contributed by atoms with E-state index in [9.17, 15) is 9.59 Å². The number of aldehydes is 1. The van der Waals surface area contributed by atoms with Crippen LogP contribution >= 0.6 is 34.4 Å². The lowest BCUT2D eigenvalue weighted by Crippen LogP contribution is -2.14. The van der Waals surface area contributed by atoms with Gasteiger partial charge >= 0.3 is 0 Å². The van der Waals surface area contributed by atoms with Crippen molar-refractivity contribution in [1.82, 2.24) is 10.2 Å². The molecule has 1 amide bonds. The lowest BCUT2D eigenvalue weighted by Gasteiger charge is -2.09. The molecule has 0 atom stereocenters. The first-order valence-corrected chi connectivity index (χ1v) is 10.3. The Labute approximate surface area is 179 Å². The summed E-state index contributed by atoms with van der Waals surface area (Å²) in [4.78, 5) is 25.7. The van der Waals surface area contributed by atoms with Crippen molar-refractivity contribution in [1.29, 1.82) is 0 Å². The zero-order chi connectivity index (χ0) is 19.5. The molecule has 0 aliphatic carbocycles. The van der Waals surface area contributed by atoms with Crippen LogP contribution < -0.4 is 5.32 Å². The van der Waals surface area contributed by atoms with Gasteiger partial charge in [-0.1, -0.05) is 36.0 Å². The number of nitrogens with one attached hydrogen (secondary N) is 2. The van der Waals surface area contributed by atoms with Crippen LogP contribution in [-0.2, 0) is 0 Å². The number of fused-ring (bicyclic) bond motifs is 1. The van der Waals surface area contributed by atoms with Gasteiger partial charge in [-0.2, -0.15) is 5.10 Å². The zero-order valence-corrected chi connectivity index (χ0v) is 17.5. The summed E-state index contributed by atoms with van der Waals surface area (Å²) in [5.41, 5.74) is 2.32. The molecule has 0 saturated heterocycles. The summed E-state index contributed by atoms with van der Waals surface area (Å²) < 4.78 is 1.02. The number of anilines is 1. The summed E-state index contributed by atoms with van der Waals surface area (Å²) in [5.74, 6) is -0.308. The number of nitrogens with zero attached hydrogens (tertiary/aromatic N) is 1. The van der Waals surface area contributed by atoms with Crippen molar-refractivity contribution in [2.45, 2.75) is 9.79 Å². The number of H-pyrrole nitrogens is 1. The fraction of sp³-hybridized carbons (Fsp3) is 0. The van der Waals surface area contributed by atoms with E-state index >= 15 is 0 Å². The molecule has 3 aromatic carbocycles.